The highest BCUT2D eigenvalue weighted by Crippen LogP contribution is 2.16. The molecule has 0 spiro atoms. The van der Waals surface area contributed by atoms with Gasteiger partial charge in [-0.2, -0.15) is 0 Å². The molecule has 120 valence electrons. The topological polar surface area (TPSA) is 79.6 Å². The summed E-state index contributed by atoms with van der Waals surface area (Å²) in [5, 5.41) is 17.3. The molecule has 0 saturated carbocycles. The predicted molar refractivity (Wildman–Crippen MR) is 91.3 cm³/mol. The van der Waals surface area contributed by atoms with Crippen LogP contribution in [0.5, 0.6) is 0 Å². The van der Waals surface area contributed by atoms with Gasteiger partial charge in [0.2, 0.25) is 0 Å². The van der Waals surface area contributed by atoms with Gasteiger partial charge in [-0.15, -0.1) is 0 Å². The molecule has 0 aliphatic carbocycles. The van der Waals surface area contributed by atoms with Gasteiger partial charge in [0.15, 0.2) is 5.96 Å². The van der Waals surface area contributed by atoms with Gasteiger partial charge in [0.1, 0.15) is 0 Å². The van der Waals surface area contributed by atoms with Gasteiger partial charge >= 0.3 is 0 Å². The number of hydrogen-bond donors (Lipinski definition) is 2. The van der Waals surface area contributed by atoms with Gasteiger partial charge in [-0.25, -0.2) is 0 Å². The smallest absolute Gasteiger partial charge is 0.274 e. The van der Waals surface area contributed by atoms with Crippen molar-refractivity contribution in [1.82, 2.24) is 10.6 Å². The van der Waals surface area contributed by atoms with E-state index < -0.39 is 0 Å². The summed E-state index contributed by atoms with van der Waals surface area (Å²) in [5.74, 6) is 0.601. The Bertz CT molecular complexity index is 696. The molecule has 6 heteroatoms. The van der Waals surface area contributed by atoms with E-state index in [9.17, 15) is 10.1 Å². The standard InChI is InChI=1S/C17H20N4O2/c1-13-7-9-14(10-8-13)11-19-17(18-2)20-12-15-5-3-4-6-16(15)21(22)23/h3-10H,11-12H2,1-2H3,(H2,18,19,20). The van der Waals surface area contributed by atoms with Crippen molar-refractivity contribution in [2.24, 2.45) is 4.99 Å². The van der Waals surface area contributed by atoms with E-state index in [1.165, 1.54) is 11.6 Å². The number of benzene rings is 2. The van der Waals surface area contributed by atoms with E-state index >= 15 is 0 Å². The number of nitrogens with one attached hydrogen (secondary N) is 2. The highest BCUT2D eigenvalue weighted by molar-refractivity contribution is 5.79. The molecule has 0 amide bonds. The zero-order chi connectivity index (χ0) is 16.7. The number of aryl methyl sites for hydroxylation is 1. The van der Waals surface area contributed by atoms with Crippen molar-refractivity contribution in [3.8, 4) is 0 Å². The lowest BCUT2D eigenvalue weighted by Gasteiger charge is -2.12. The fourth-order valence-corrected chi connectivity index (χ4v) is 2.13. The summed E-state index contributed by atoms with van der Waals surface area (Å²) in [6.45, 7) is 3.02. The Morgan fingerprint density at radius 2 is 1.74 bits per heavy atom. The van der Waals surface area contributed by atoms with E-state index in [0.717, 1.165) is 5.56 Å². The van der Waals surface area contributed by atoms with Gasteiger partial charge in [-0.05, 0) is 12.5 Å². The highest BCUT2D eigenvalue weighted by atomic mass is 16.6. The molecule has 0 unspecified atom stereocenters. The molecule has 0 atom stereocenters. The molecule has 0 heterocycles. The number of aliphatic imine (C=N–C) groups is 1. The van der Waals surface area contributed by atoms with Crippen molar-refractivity contribution in [2.75, 3.05) is 7.05 Å². The third kappa shape index (κ3) is 4.81. The molecular formula is C17H20N4O2. The minimum absolute atomic E-state index is 0.106. The van der Waals surface area contributed by atoms with Gasteiger partial charge in [0.25, 0.3) is 5.69 Å². The maximum atomic E-state index is 11.0. The quantitative estimate of drug-likeness (QED) is 0.385. The van der Waals surface area contributed by atoms with E-state index in [1.54, 1.807) is 25.2 Å². The Labute approximate surface area is 135 Å². The molecule has 2 rings (SSSR count). The molecule has 0 aliphatic rings. The number of para-hydroxylation sites is 1. The summed E-state index contributed by atoms with van der Waals surface area (Å²) in [7, 11) is 1.67. The first-order valence-electron chi connectivity index (χ1n) is 7.32. The van der Waals surface area contributed by atoms with Gasteiger partial charge in [-0.3, -0.25) is 15.1 Å². The predicted octanol–water partition coefficient (Wildman–Crippen LogP) is 2.77. The first-order chi connectivity index (χ1) is 11.1. The third-order valence-corrected chi connectivity index (χ3v) is 3.44. The van der Waals surface area contributed by atoms with Crippen molar-refractivity contribution in [3.63, 3.8) is 0 Å². The summed E-state index contributed by atoms with van der Waals surface area (Å²) < 4.78 is 0. The number of nitrogens with zero attached hydrogens (tertiary/aromatic N) is 2. The Kier molecular flexibility index (Phi) is 5.68. The summed E-state index contributed by atoms with van der Waals surface area (Å²) in [6.07, 6.45) is 0. The van der Waals surface area contributed by atoms with Crippen LogP contribution in [-0.2, 0) is 13.1 Å². The Hall–Kier alpha value is -2.89. The van der Waals surface area contributed by atoms with Gasteiger partial charge in [-0.1, -0.05) is 48.0 Å². The van der Waals surface area contributed by atoms with E-state index in [2.05, 4.69) is 39.9 Å². The molecule has 0 saturated heterocycles. The number of nitro groups is 1. The van der Waals surface area contributed by atoms with E-state index in [4.69, 9.17) is 0 Å². The number of nitro benzene ring substituents is 1. The van der Waals surface area contributed by atoms with Crippen LogP contribution in [0.1, 0.15) is 16.7 Å². The summed E-state index contributed by atoms with van der Waals surface area (Å²) in [4.78, 5) is 14.8. The van der Waals surface area contributed by atoms with Crippen LogP contribution in [-0.4, -0.2) is 17.9 Å². The number of guanidine groups is 1. The van der Waals surface area contributed by atoms with Crippen LogP contribution in [0.3, 0.4) is 0 Å². The van der Waals surface area contributed by atoms with Crippen LogP contribution in [0, 0.1) is 17.0 Å². The van der Waals surface area contributed by atoms with Crippen LogP contribution >= 0.6 is 0 Å². The van der Waals surface area contributed by atoms with E-state index in [0.29, 0.717) is 24.6 Å². The van der Waals surface area contributed by atoms with Gasteiger partial charge < -0.3 is 10.6 Å². The minimum atomic E-state index is -0.375. The normalized spacial score (nSPS) is 11.1. The lowest BCUT2D eigenvalue weighted by molar-refractivity contribution is -0.385. The molecule has 2 aromatic rings. The van der Waals surface area contributed by atoms with Crippen molar-refractivity contribution >= 4 is 11.6 Å². The lowest BCUT2D eigenvalue weighted by Crippen LogP contribution is -2.36. The first kappa shape index (κ1) is 16.5. The highest BCUT2D eigenvalue weighted by Gasteiger charge is 2.12. The van der Waals surface area contributed by atoms with Crippen LogP contribution in [0.4, 0.5) is 5.69 Å². The maximum Gasteiger partial charge on any atom is 0.274 e. The molecule has 0 fully saturated rings. The molecule has 2 aromatic carbocycles. The Morgan fingerprint density at radius 1 is 1.09 bits per heavy atom. The lowest BCUT2D eigenvalue weighted by atomic mass is 10.1. The van der Waals surface area contributed by atoms with Crippen LogP contribution in [0.25, 0.3) is 0 Å². The SMILES string of the molecule is CN=C(NCc1ccc(C)cc1)NCc1ccccc1[N+](=O)[O-]. The Morgan fingerprint density at radius 3 is 2.39 bits per heavy atom. The van der Waals surface area contributed by atoms with Crippen molar-refractivity contribution in [1.29, 1.82) is 0 Å². The van der Waals surface area contributed by atoms with E-state index in [-0.39, 0.29) is 10.6 Å². The van der Waals surface area contributed by atoms with Crippen molar-refractivity contribution in [3.05, 3.63) is 75.3 Å². The van der Waals surface area contributed by atoms with Crippen LogP contribution < -0.4 is 10.6 Å². The molecule has 0 bridgehead atoms. The van der Waals surface area contributed by atoms with Crippen molar-refractivity contribution < 1.29 is 4.92 Å². The zero-order valence-electron chi connectivity index (χ0n) is 13.2. The number of hydrogen-bond acceptors (Lipinski definition) is 3. The zero-order valence-corrected chi connectivity index (χ0v) is 13.2. The average molecular weight is 312 g/mol. The molecule has 0 radical (unpaired) electrons. The molecular weight excluding hydrogens is 292 g/mol. The fourth-order valence-electron chi connectivity index (χ4n) is 2.13. The second kappa shape index (κ2) is 7.93. The van der Waals surface area contributed by atoms with Crippen LogP contribution in [0.2, 0.25) is 0 Å². The van der Waals surface area contributed by atoms with Crippen molar-refractivity contribution in [2.45, 2.75) is 20.0 Å². The van der Waals surface area contributed by atoms with E-state index in [1.807, 2.05) is 6.92 Å². The molecule has 2 N–H and O–H groups in total. The summed E-state index contributed by atoms with van der Waals surface area (Å²) >= 11 is 0. The largest absolute Gasteiger partial charge is 0.352 e. The second-order valence-corrected chi connectivity index (χ2v) is 5.15. The third-order valence-electron chi connectivity index (χ3n) is 3.44. The second-order valence-electron chi connectivity index (χ2n) is 5.15. The maximum absolute atomic E-state index is 11.0. The number of rotatable bonds is 5. The molecule has 6 nitrogen and oxygen atoms in total. The minimum Gasteiger partial charge on any atom is -0.352 e. The average Bonchev–Trinajstić information content (AvgIpc) is 2.56. The monoisotopic (exact) mass is 312 g/mol. The van der Waals surface area contributed by atoms with Crippen LogP contribution in [0.15, 0.2) is 53.5 Å². The first-order valence-corrected chi connectivity index (χ1v) is 7.32. The summed E-state index contributed by atoms with van der Waals surface area (Å²) in [5.41, 5.74) is 3.08. The van der Waals surface area contributed by atoms with Gasteiger partial charge in [0, 0.05) is 31.8 Å². The fraction of sp³-hybridized carbons (Fsp3) is 0.235. The van der Waals surface area contributed by atoms with Gasteiger partial charge in [0.05, 0.1) is 4.92 Å². The molecule has 23 heavy (non-hydrogen) atoms. The summed E-state index contributed by atoms with van der Waals surface area (Å²) in [6, 6.07) is 14.9. The molecule has 0 aliphatic heterocycles. The Balaban J connectivity index is 1.93. The molecule has 0 aromatic heterocycles.